The predicted molar refractivity (Wildman–Crippen MR) is 182 cm³/mol. The number of para-hydroxylation sites is 2. The third-order valence-corrected chi connectivity index (χ3v) is 8.04. The summed E-state index contributed by atoms with van der Waals surface area (Å²) in [6.07, 6.45) is 7.95. The average molecular weight is 578 g/mol. The normalized spacial score (nSPS) is 12.4. The van der Waals surface area contributed by atoms with Gasteiger partial charge in [-0.25, -0.2) is 9.97 Å². The summed E-state index contributed by atoms with van der Waals surface area (Å²) < 4.78 is 6.73. The van der Waals surface area contributed by atoms with Crippen molar-refractivity contribution in [1.29, 1.82) is 0 Å². The predicted octanol–water partition coefficient (Wildman–Crippen LogP) is 10.5. The number of ether oxygens (including phenoxy) is 1. The molecule has 0 bridgehead atoms. The summed E-state index contributed by atoms with van der Waals surface area (Å²) >= 11 is 0. The molecule has 5 aromatic carbocycles. The highest BCUT2D eigenvalue weighted by molar-refractivity contribution is 5.90. The van der Waals surface area contributed by atoms with Gasteiger partial charge in [-0.3, -0.25) is 4.98 Å². The van der Waals surface area contributed by atoms with Crippen molar-refractivity contribution in [3.63, 3.8) is 0 Å². The monoisotopic (exact) mass is 577 g/mol. The summed E-state index contributed by atoms with van der Waals surface area (Å²) in [5.74, 6) is 2.24. The molecule has 0 fully saturated rings. The van der Waals surface area contributed by atoms with E-state index in [4.69, 9.17) is 14.7 Å². The molecule has 4 heteroatoms. The zero-order valence-electron chi connectivity index (χ0n) is 24.3. The largest absolute Gasteiger partial charge is 0.456 e. The van der Waals surface area contributed by atoms with Gasteiger partial charge in [0.15, 0.2) is 5.82 Å². The molecule has 1 aliphatic heterocycles. The van der Waals surface area contributed by atoms with E-state index < -0.39 is 0 Å². The van der Waals surface area contributed by atoms with Gasteiger partial charge in [0.2, 0.25) is 0 Å². The van der Waals surface area contributed by atoms with Crippen molar-refractivity contribution in [3.05, 3.63) is 163 Å². The van der Waals surface area contributed by atoms with Gasteiger partial charge in [-0.2, -0.15) is 0 Å². The Balaban J connectivity index is 1.34. The van der Waals surface area contributed by atoms with Gasteiger partial charge in [0.05, 0.1) is 11.4 Å². The molecule has 0 saturated carbocycles. The van der Waals surface area contributed by atoms with Crippen LogP contribution >= 0.6 is 0 Å². The maximum absolute atomic E-state index is 6.73. The summed E-state index contributed by atoms with van der Waals surface area (Å²) in [6.45, 7) is 0. The SMILES string of the molecule is C1=C\c2ccc(-c3cc(-c4ccccc4)nc(-c4cccnc4)n3)cc2-c2ccccc2Oc2ccccc2-c2ccccc2/1. The second kappa shape index (κ2) is 11.5. The Morgan fingerprint density at radius 3 is 1.76 bits per heavy atom. The topological polar surface area (TPSA) is 47.9 Å². The number of rotatable bonds is 3. The number of benzene rings is 5. The summed E-state index contributed by atoms with van der Waals surface area (Å²) in [6, 6.07) is 47.6. The summed E-state index contributed by atoms with van der Waals surface area (Å²) in [4.78, 5) is 14.3. The Morgan fingerprint density at radius 2 is 1.02 bits per heavy atom. The molecule has 8 rings (SSSR count). The number of hydrogen-bond acceptors (Lipinski definition) is 4. The molecule has 1 aliphatic rings. The molecule has 0 aliphatic carbocycles. The van der Waals surface area contributed by atoms with E-state index in [0.29, 0.717) is 5.82 Å². The van der Waals surface area contributed by atoms with Gasteiger partial charge < -0.3 is 4.74 Å². The van der Waals surface area contributed by atoms with Crippen LogP contribution in [0.25, 0.3) is 68.3 Å². The van der Waals surface area contributed by atoms with Crippen molar-refractivity contribution in [2.45, 2.75) is 0 Å². The molecular formula is C41H27N3O. The van der Waals surface area contributed by atoms with Gasteiger partial charge in [0.1, 0.15) is 11.5 Å². The van der Waals surface area contributed by atoms with Crippen LogP contribution in [-0.2, 0) is 0 Å². The van der Waals surface area contributed by atoms with Crippen LogP contribution < -0.4 is 4.74 Å². The smallest absolute Gasteiger partial charge is 0.161 e. The third-order valence-electron chi connectivity index (χ3n) is 8.04. The lowest BCUT2D eigenvalue weighted by atomic mass is 9.94. The second-order valence-corrected chi connectivity index (χ2v) is 10.9. The van der Waals surface area contributed by atoms with Gasteiger partial charge in [0, 0.05) is 40.2 Å². The number of nitrogens with zero attached hydrogens (tertiary/aromatic N) is 3. The highest BCUT2D eigenvalue weighted by atomic mass is 16.5. The summed E-state index contributed by atoms with van der Waals surface area (Å²) in [5.41, 5.74) is 11.0. The van der Waals surface area contributed by atoms with Gasteiger partial charge >= 0.3 is 0 Å². The van der Waals surface area contributed by atoms with Crippen LogP contribution in [0.4, 0.5) is 0 Å². The van der Waals surface area contributed by atoms with Crippen molar-refractivity contribution < 1.29 is 4.74 Å². The van der Waals surface area contributed by atoms with Crippen LogP contribution in [0.1, 0.15) is 11.1 Å². The first-order chi connectivity index (χ1) is 22.3. The van der Waals surface area contributed by atoms with Gasteiger partial charge in [-0.05, 0) is 58.7 Å². The first kappa shape index (κ1) is 26.5. The van der Waals surface area contributed by atoms with E-state index in [-0.39, 0.29) is 0 Å². The second-order valence-electron chi connectivity index (χ2n) is 10.9. The number of aromatic nitrogens is 3. The molecule has 212 valence electrons. The molecule has 0 radical (unpaired) electrons. The number of hydrogen-bond donors (Lipinski definition) is 0. The van der Waals surface area contributed by atoms with Gasteiger partial charge in [0.25, 0.3) is 0 Å². The third kappa shape index (κ3) is 5.19. The number of fused-ring (bicyclic) bond motifs is 6. The van der Waals surface area contributed by atoms with Crippen LogP contribution in [0.2, 0.25) is 0 Å². The molecule has 3 heterocycles. The standard InChI is InChI=1S/C41H27N3O/c1-2-12-30(13-3-1)37-26-38(44-41(43-37)32-14-10-24-42-27-32)31-23-22-29-21-20-28-11-4-5-15-33(28)34-16-6-8-18-39(34)45-40-19-9-7-17-35(40)36(29)25-31/h1-27H/b21-20-. The van der Waals surface area contributed by atoms with E-state index in [2.05, 4.69) is 102 Å². The molecule has 0 amide bonds. The molecule has 45 heavy (non-hydrogen) atoms. The van der Waals surface area contributed by atoms with E-state index >= 15 is 0 Å². The lowest BCUT2D eigenvalue weighted by molar-refractivity contribution is 0.486. The fraction of sp³-hybridized carbons (Fsp3) is 0. The summed E-state index contributed by atoms with van der Waals surface area (Å²) in [7, 11) is 0. The zero-order valence-corrected chi connectivity index (χ0v) is 24.3. The Hall–Kier alpha value is -6.13. The van der Waals surface area contributed by atoms with Crippen molar-refractivity contribution in [2.24, 2.45) is 0 Å². The minimum atomic E-state index is 0.632. The van der Waals surface area contributed by atoms with Crippen molar-refractivity contribution >= 4 is 12.2 Å². The van der Waals surface area contributed by atoms with Crippen LogP contribution in [-0.4, -0.2) is 15.0 Å². The van der Waals surface area contributed by atoms with Crippen molar-refractivity contribution in [2.75, 3.05) is 0 Å². The van der Waals surface area contributed by atoms with E-state index in [1.165, 1.54) is 0 Å². The fourth-order valence-corrected chi connectivity index (χ4v) is 5.81. The van der Waals surface area contributed by atoms with E-state index in [0.717, 1.165) is 73.0 Å². The highest BCUT2D eigenvalue weighted by Crippen LogP contribution is 2.42. The van der Waals surface area contributed by atoms with Crippen molar-refractivity contribution in [1.82, 2.24) is 15.0 Å². The van der Waals surface area contributed by atoms with Crippen LogP contribution in [0.15, 0.2) is 152 Å². The van der Waals surface area contributed by atoms with E-state index in [9.17, 15) is 0 Å². The van der Waals surface area contributed by atoms with Gasteiger partial charge in [-0.15, -0.1) is 0 Å². The lowest BCUT2D eigenvalue weighted by Gasteiger charge is -2.16. The zero-order chi connectivity index (χ0) is 30.0. The number of pyridine rings is 1. The molecule has 0 N–H and O–H groups in total. The van der Waals surface area contributed by atoms with Crippen LogP contribution in [0, 0.1) is 0 Å². The van der Waals surface area contributed by atoms with Gasteiger partial charge in [-0.1, -0.05) is 115 Å². The molecule has 7 aromatic rings. The maximum atomic E-state index is 6.73. The Bertz CT molecular complexity index is 2130. The minimum absolute atomic E-state index is 0.632. The molecule has 0 spiro atoms. The van der Waals surface area contributed by atoms with E-state index in [1.807, 2.05) is 54.6 Å². The fourth-order valence-electron chi connectivity index (χ4n) is 5.81. The first-order valence-electron chi connectivity index (χ1n) is 14.9. The molecular weight excluding hydrogens is 550 g/mol. The first-order valence-corrected chi connectivity index (χ1v) is 14.9. The molecule has 4 nitrogen and oxygen atoms in total. The lowest BCUT2D eigenvalue weighted by Crippen LogP contribution is -1.97. The average Bonchev–Trinajstić information content (AvgIpc) is 3.14. The minimum Gasteiger partial charge on any atom is -0.456 e. The molecule has 0 unspecified atom stereocenters. The Morgan fingerprint density at radius 1 is 0.422 bits per heavy atom. The van der Waals surface area contributed by atoms with E-state index in [1.54, 1.807) is 12.4 Å². The quantitative estimate of drug-likeness (QED) is 0.210. The van der Waals surface area contributed by atoms with Crippen LogP contribution in [0.5, 0.6) is 11.5 Å². The molecule has 0 saturated heterocycles. The molecule has 0 atom stereocenters. The molecule has 2 aromatic heterocycles. The summed E-state index contributed by atoms with van der Waals surface area (Å²) in [5, 5.41) is 0. The van der Waals surface area contributed by atoms with Crippen LogP contribution in [0.3, 0.4) is 0 Å². The Kier molecular flexibility index (Phi) is 6.78. The highest BCUT2D eigenvalue weighted by Gasteiger charge is 2.18. The maximum Gasteiger partial charge on any atom is 0.161 e. The van der Waals surface area contributed by atoms with Crippen molar-refractivity contribution in [3.8, 4) is 67.7 Å². The Labute approximate surface area is 262 Å².